The third-order valence-corrected chi connectivity index (χ3v) is 6.87. The maximum Gasteiger partial charge on any atom is 0.305 e. The van der Waals surface area contributed by atoms with Gasteiger partial charge in [0.1, 0.15) is 0 Å². The molecule has 0 aromatic rings. The lowest BCUT2D eigenvalue weighted by Crippen LogP contribution is -2.03. The van der Waals surface area contributed by atoms with E-state index < -0.39 is 0 Å². The molecule has 4 nitrogen and oxygen atoms in total. The molecule has 0 saturated heterocycles. The van der Waals surface area contributed by atoms with Crippen molar-refractivity contribution in [1.82, 2.24) is 0 Å². The van der Waals surface area contributed by atoms with Crippen LogP contribution in [0.15, 0.2) is 0 Å². The largest absolute Gasteiger partial charge is 0.466 e. The summed E-state index contributed by atoms with van der Waals surface area (Å²) in [5, 5.41) is 0. The van der Waals surface area contributed by atoms with Gasteiger partial charge in [-0.15, -0.1) is 0 Å². The van der Waals surface area contributed by atoms with Gasteiger partial charge in [-0.1, -0.05) is 135 Å². The lowest BCUT2D eigenvalue weighted by molar-refractivity contribution is -0.144. The van der Waals surface area contributed by atoms with E-state index >= 15 is 0 Å². The minimum atomic E-state index is -0.0354. The molecule has 0 atom stereocenters. The molecule has 0 aromatic carbocycles. The van der Waals surface area contributed by atoms with E-state index in [1.165, 1.54) is 135 Å². The van der Waals surface area contributed by atoms with Crippen LogP contribution in [-0.4, -0.2) is 25.2 Å². The summed E-state index contributed by atoms with van der Waals surface area (Å²) in [4.78, 5) is 22.5. The Morgan fingerprint density at radius 3 is 0.686 bits per heavy atom. The molecule has 0 radical (unpaired) electrons. The van der Waals surface area contributed by atoms with E-state index in [4.69, 9.17) is 9.47 Å². The van der Waals surface area contributed by atoms with Crippen LogP contribution in [0.2, 0.25) is 0 Å². The molecular formula is C31H60O4. The molecule has 0 fully saturated rings. The Hall–Kier alpha value is -1.06. The molecule has 0 amide bonds. The van der Waals surface area contributed by atoms with Crippen LogP contribution in [0.4, 0.5) is 0 Å². The third-order valence-electron chi connectivity index (χ3n) is 6.87. The molecule has 0 aliphatic carbocycles. The number of ether oxygens (including phenoxy) is 2. The molecule has 0 aliphatic rings. The van der Waals surface area contributed by atoms with Crippen molar-refractivity contribution in [3.8, 4) is 0 Å². The average molecular weight is 497 g/mol. The average Bonchev–Trinajstić information content (AvgIpc) is 2.84. The Morgan fingerprint density at radius 2 is 0.514 bits per heavy atom. The number of esters is 2. The summed E-state index contributed by atoms with van der Waals surface area (Å²) in [6.07, 6.45) is 31.7. The lowest BCUT2D eigenvalue weighted by atomic mass is 10.0. The quantitative estimate of drug-likeness (QED) is 0.0798. The highest BCUT2D eigenvalue weighted by molar-refractivity contribution is 5.69. The zero-order valence-electron chi connectivity index (χ0n) is 23.7. The molecule has 0 bridgehead atoms. The first-order valence-corrected chi connectivity index (χ1v) is 15.5. The monoisotopic (exact) mass is 496 g/mol. The zero-order valence-corrected chi connectivity index (χ0v) is 23.7. The molecule has 0 aromatic heterocycles. The fraction of sp³-hybridized carbons (Fsp3) is 0.935. The van der Waals surface area contributed by atoms with Crippen molar-refractivity contribution in [2.45, 2.75) is 174 Å². The summed E-state index contributed by atoms with van der Waals surface area (Å²) in [5.74, 6) is -0.0709. The van der Waals surface area contributed by atoms with Crippen molar-refractivity contribution in [3.05, 3.63) is 0 Å². The number of hydrogen-bond acceptors (Lipinski definition) is 4. The molecule has 0 N–H and O–H groups in total. The van der Waals surface area contributed by atoms with Crippen molar-refractivity contribution in [1.29, 1.82) is 0 Å². The molecule has 0 unspecified atom stereocenters. The van der Waals surface area contributed by atoms with Crippen molar-refractivity contribution in [3.63, 3.8) is 0 Å². The standard InChI is InChI=1S/C31H60O4/c1-3-34-30(32)28-26-24-22-20-18-16-14-12-10-8-6-5-7-9-11-13-15-17-19-21-23-25-27-29-31(33)35-4-2/h3-29H2,1-2H3. The van der Waals surface area contributed by atoms with E-state index in [0.29, 0.717) is 26.1 Å². The first kappa shape index (κ1) is 33.9. The van der Waals surface area contributed by atoms with Crippen molar-refractivity contribution in [2.75, 3.05) is 13.2 Å². The molecule has 0 spiro atoms. The third kappa shape index (κ3) is 29.1. The Balaban J connectivity index is 3.08. The van der Waals surface area contributed by atoms with Gasteiger partial charge in [0.2, 0.25) is 0 Å². The fourth-order valence-electron chi connectivity index (χ4n) is 4.72. The smallest absolute Gasteiger partial charge is 0.305 e. The van der Waals surface area contributed by atoms with Gasteiger partial charge in [0, 0.05) is 12.8 Å². The second kappa shape index (κ2) is 29.2. The maximum atomic E-state index is 11.3. The van der Waals surface area contributed by atoms with E-state index in [-0.39, 0.29) is 11.9 Å². The van der Waals surface area contributed by atoms with E-state index in [0.717, 1.165) is 12.8 Å². The number of hydrogen-bond donors (Lipinski definition) is 0. The predicted molar refractivity (Wildman–Crippen MR) is 149 cm³/mol. The van der Waals surface area contributed by atoms with Crippen molar-refractivity contribution in [2.24, 2.45) is 0 Å². The fourth-order valence-corrected chi connectivity index (χ4v) is 4.72. The molecular weight excluding hydrogens is 436 g/mol. The van der Waals surface area contributed by atoms with Crippen LogP contribution >= 0.6 is 0 Å². The van der Waals surface area contributed by atoms with Crippen LogP contribution in [0.1, 0.15) is 174 Å². The Morgan fingerprint density at radius 1 is 0.343 bits per heavy atom. The molecule has 35 heavy (non-hydrogen) atoms. The van der Waals surface area contributed by atoms with Gasteiger partial charge in [-0.25, -0.2) is 0 Å². The van der Waals surface area contributed by atoms with Crippen LogP contribution < -0.4 is 0 Å². The SMILES string of the molecule is CCOC(=O)CCCCCCCCCCCCCCCCCCCCCCCCCC(=O)OCC. The van der Waals surface area contributed by atoms with Gasteiger partial charge < -0.3 is 9.47 Å². The van der Waals surface area contributed by atoms with Crippen LogP contribution in [0.25, 0.3) is 0 Å². The predicted octanol–water partition coefficient (Wildman–Crippen LogP) is 9.87. The highest BCUT2D eigenvalue weighted by Gasteiger charge is 2.01. The number of carbonyl (C=O) groups is 2. The Labute approximate surface area is 218 Å². The van der Waals surface area contributed by atoms with Crippen LogP contribution in [0.3, 0.4) is 0 Å². The van der Waals surface area contributed by atoms with Gasteiger partial charge in [-0.05, 0) is 26.7 Å². The van der Waals surface area contributed by atoms with E-state index in [2.05, 4.69) is 0 Å². The normalized spacial score (nSPS) is 11.0. The highest BCUT2D eigenvalue weighted by Crippen LogP contribution is 2.16. The molecule has 0 rings (SSSR count). The van der Waals surface area contributed by atoms with Gasteiger partial charge in [0.25, 0.3) is 0 Å². The second-order valence-electron chi connectivity index (χ2n) is 10.2. The lowest BCUT2D eigenvalue weighted by Gasteiger charge is -2.04. The minimum Gasteiger partial charge on any atom is -0.466 e. The van der Waals surface area contributed by atoms with Gasteiger partial charge in [-0.3, -0.25) is 9.59 Å². The van der Waals surface area contributed by atoms with Crippen LogP contribution in [0, 0.1) is 0 Å². The van der Waals surface area contributed by atoms with Crippen LogP contribution in [-0.2, 0) is 19.1 Å². The maximum absolute atomic E-state index is 11.3. The highest BCUT2D eigenvalue weighted by atomic mass is 16.5. The first-order chi connectivity index (χ1) is 17.2. The molecule has 0 heterocycles. The first-order valence-electron chi connectivity index (χ1n) is 15.5. The summed E-state index contributed by atoms with van der Waals surface area (Å²) in [7, 11) is 0. The van der Waals surface area contributed by atoms with E-state index in [1.807, 2.05) is 13.8 Å². The van der Waals surface area contributed by atoms with Gasteiger partial charge in [-0.2, -0.15) is 0 Å². The summed E-state index contributed by atoms with van der Waals surface area (Å²) in [6, 6.07) is 0. The van der Waals surface area contributed by atoms with E-state index in [1.54, 1.807) is 0 Å². The number of carbonyl (C=O) groups excluding carboxylic acids is 2. The minimum absolute atomic E-state index is 0.0354. The van der Waals surface area contributed by atoms with Gasteiger partial charge >= 0.3 is 11.9 Å². The summed E-state index contributed by atoms with van der Waals surface area (Å²) < 4.78 is 9.91. The number of rotatable bonds is 28. The Bertz CT molecular complexity index is 409. The summed E-state index contributed by atoms with van der Waals surface area (Å²) in [5.41, 5.74) is 0. The molecule has 4 heteroatoms. The number of unbranched alkanes of at least 4 members (excludes halogenated alkanes) is 22. The van der Waals surface area contributed by atoms with Crippen molar-refractivity contribution >= 4 is 11.9 Å². The molecule has 0 aliphatic heterocycles. The molecule has 208 valence electrons. The second-order valence-corrected chi connectivity index (χ2v) is 10.2. The summed E-state index contributed by atoms with van der Waals surface area (Å²) in [6.45, 7) is 4.74. The summed E-state index contributed by atoms with van der Waals surface area (Å²) >= 11 is 0. The van der Waals surface area contributed by atoms with Gasteiger partial charge in [0.05, 0.1) is 13.2 Å². The van der Waals surface area contributed by atoms with Crippen molar-refractivity contribution < 1.29 is 19.1 Å². The zero-order chi connectivity index (χ0) is 25.7. The van der Waals surface area contributed by atoms with Crippen LogP contribution in [0.5, 0.6) is 0 Å². The topological polar surface area (TPSA) is 52.6 Å². The van der Waals surface area contributed by atoms with E-state index in [9.17, 15) is 9.59 Å². The Kier molecular flexibility index (Phi) is 28.3. The molecule has 0 saturated carbocycles. The van der Waals surface area contributed by atoms with Gasteiger partial charge in [0.15, 0.2) is 0 Å².